The molecule has 1 saturated carbocycles. The van der Waals surface area contributed by atoms with Gasteiger partial charge in [0.1, 0.15) is 0 Å². The Morgan fingerprint density at radius 1 is 1.25 bits per heavy atom. The molecule has 1 aliphatic heterocycles. The molecule has 6 heteroatoms. The fraction of sp³-hybridized carbons (Fsp3) is 0.944. The highest BCUT2D eigenvalue weighted by molar-refractivity contribution is 7.85. The van der Waals surface area contributed by atoms with Crippen molar-refractivity contribution in [2.45, 2.75) is 63.7 Å². The van der Waals surface area contributed by atoms with Crippen LogP contribution in [0.2, 0.25) is 0 Å². The lowest BCUT2D eigenvalue weighted by atomic mass is 9.95. The van der Waals surface area contributed by atoms with Crippen LogP contribution < -0.4 is 10.6 Å². The van der Waals surface area contributed by atoms with Crippen LogP contribution in [0.5, 0.6) is 0 Å². The molecule has 2 aliphatic rings. The molecule has 2 rings (SSSR count). The lowest BCUT2D eigenvalue weighted by Crippen LogP contribution is -2.47. The van der Waals surface area contributed by atoms with Crippen LogP contribution in [0, 0.1) is 5.92 Å². The highest BCUT2D eigenvalue weighted by Gasteiger charge is 2.26. The Morgan fingerprint density at radius 2 is 2.08 bits per heavy atom. The minimum atomic E-state index is -0.670. The zero-order valence-electron chi connectivity index (χ0n) is 15.7. The van der Waals surface area contributed by atoms with Gasteiger partial charge in [0.2, 0.25) is 0 Å². The van der Waals surface area contributed by atoms with E-state index in [0.29, 0.717) is 17.2 Å². The largest absolute Gasteiger partial charge is 0.357 e. The summed E-state index contributed by atoms with van der Waals surface area (Å²) in [5, 5.41) is 7.35. The van der Waals surface area contributed by atoms with Gasteiger partial charge in [0.05, 0.1) is 0 Å². The van der Waals surface area contributed by atoms with E-state index in [1.807, 2.05) is 6.92 Å². The third-order valence-corrected chi connectivity index (χ3v) is 6.94. The number of piperidine rings is 1. The zero-order chi connectivity index (χ0) is 17.4. The van der Waals surface area contributed by atoms with E-state index in [4.69, 9.17) is 4.99 Å². The molecular formula is C18H36N4OS. The second-order valence-corrected chi connectivity index (χ2v) is 9.29. The first-order chi connectivity index (χ1) is 11.6. The summed E-state index contributed by atoms with van der Waals surface area (Å²) >= 11 is 0. The quantitative estimate of drug-likeness (QED) is 0.564. The van der Waals surface area contributed by atoms with Gasteiger partial charge in [0.15, 0.2) is 5.96 Å². The lowest BCUT2D eigenvalue weighted by Gasteiger charge is -2.31. The van der Waals surface area contributed by atoms with E-state index < -0.39 is 10.8 Å². The van der Waals surface area contributed by atoms with Gasteiger partial charge in [-0.25, -0.2) is 0 Å². The molecule has 0 aromatic carbocycles. The highest BCUT2D eigenvalue weighted by Crippen LogP contribution is 2.23. The first-order valence-electron chi connectivity index (χ1n) is 9.72. The van der Waals surface area contributed by atoms with Crippen molar-refractivity contribution in [1.29, 1.82) is 0 Å². The van der Waals surface area contributed by atoms with Crippen molar-refractivity contribution in [3.8, 4) is 0 Å². The Balaban J connectivity index is 1.87. The van der Waals surface area contributed by atoms with Gasteiger partial charge in [-0.05, 0) is 58.5 Å². The van der Waals surface area contributed by atoms with Crippen LogP contribution in [-0.2, 0) is 10.8 Å². The van der Waals surface area contributed by atoms with Gasteiger partial charge in [0.25, 0.3) is 0 Å². The van der Waals surface area contributed by atoms with Crippen molar-refractivity contribution >= 4 is 16.8 Å². The fourth-order valence-electron chi connectivity index (χ4n) is 3.91. The minimum absolute atomic E-state index is 0.358. The first-order valence-corrected chi connectivity index (χ1v) is 11.1. The molecule has 1 aliphatic carbocycles. The van der Waals surface area contributed by atoms with Crippen LogP contribution >= 0.6 is 0 Å². The van der Waals surface area contributed by atoms with Crippen LogP contribution in [0.4, 0.5) is 0 Å². The Hall–Kier alpha value is -0.620. The summed E-state index contributed by atoms with van der Waals surface area (Å²) in [6, 6.07) is 0.408. The summed E-state index contributed by atoms with van der Waals surface area (Å²) in [5.74, 6) is 2.39. The summed E-state index contributed by atoms with van der Waals surface area (Å²) < 4.78 is 12.1. The molecule has 140 valence electrons. The summed E-state index contributed by atoms with van der Waals surface area (Å²) in [6.07, 6.45) is 7.02. The molecule has 1 saturated heterocycles. The molecule has 4 unspecified atom stereocenters. The maximum absolute atomic E-state index is 12.1. The Bertz CT molecular complexity index is 429. The minimum Gasteiger partial charge on any atom is -0.357 e. The normalized spacial score (nSPS) is 30.8. The van der Waals surface area contributed by atoms with Gasteiger partial charge in [0, 0.05) is 47.5 Å². The maximum Gasteiger partial charge on any atom is 0.191 e. The summed E-state index contributed by atoms with van der Waals surface area (Å²) in [7, 11) is 1.53. The molecule has 5 nitrogen and oxygen atoms in total. The van der Waals surface area contributed by atoms with E-state index in [0.717, 1.165) is 50.6 Å². The molecule has 0 aromatic rings. The number of nitrogens with one attached hydrogen (secondary N) is 2. The topological polar surface area (TPSA) is 56.7 Å². The predicted molar refractivity (Wildman–Crippen MR) is 104 cm³/mol. The van der Waals surface area contributed by atoms with Crippen LogP contribution in [0.1, 0.15) is 52.4 Å². The van der Waals surface area contributed by atoms with Gasteiger partial charge < -0.3 is 15.5 Å². The van der Waals surface area contributed by atoms with Crippen molar-refractivity contribution in [2.24, 2.45) is 10.9 Å². The number of guanidine groups is 1. The van der Waals surface area contributed by atoms with Gasteiger partial charge in [-0.15, -0.1) is 0 Å². The Labute approximate surface area is 150 Å². The number of nitrogens with zero attached hydrogens (tertiary/aromatic N) is 2. The molecule has 1 heterocycles. The van der Waals surface area contributed by atoms with Crippen molar-refractivity contribution in [2.75, 3.05) is 39.0 Å². The molecule has 2 fully saturated rings. The van der Waals surface area contributed by atoms with Gasteiger partial charge in [-0.2, -0.15) is 0 Å². The second kappa shape index (κ2) is 10.4. The van der Waals surface area contributed by atoms with Gasteiger partial charge >= 0.3 is 0 Å². The number of likely N-dealkylation sites (tertiary alicyclic amines) is 1. The van der Waals surface area contributed by atoms with Crippen molar-refractivity contribution < 1.29 is 4.21 Å². The van der Waals surface area contributed by atoms with Gasteiger partial charge in [-0.3, -0.25) is 9.20 Å². The summed E-state index contributed by atoms with van der Waals surface area (Å²) in [6.45, 7) is 8.30. The molecule has 0 bridgehead atoms. The molecule has 2 N–H and O–H groups in total. The first kappa shape index (κ1) is 19.7. The Morgan fingerprint density at radius 3 is 2.79 bits per heavy atom. The third kappa shape index (κ3) is 6.36. The molecular weight excluding hydrogens is 320 g/mol. The van der Waals surface area contributed by atoms with Gasteiger partial charge in [-0.1, -0.05) is 13.3 Å². The monoisotopic (exact) mass is 356 g/mol. The molecule has 0 radical (unpaired) electrons. The Kier molecular flexibility index (Phi) is 8.53. The summed E-state index contributed by atoms with van der Waals surface area (Å²) in [5.41, 5.74) is 0. The standard InChI is InChI=1S/C18H36N4OS/c1-4-19-18(20-13-15-8-7-11-22(3)14-15)21-16-9-6-10-17(12-16)24(23)5-2/h15-17H,4-14H2,1-3H3,(H2,19,20,21). The van der Waals surface area contributed by atoms with E-state index in [-0.39, 0.29) is 0 Å². The third-order valence-electron chi connectivity index (χ3n) is 5.20. The SMILES string of the molecule is CCNC(=NCC1CCCN(C)C1)NC1CCCC(S(=O)CC)C1. The van der Waals surface area contributed by atoms with Crippen LogP contribution in [0.15, 0.2) is 4.99 Å². The molecule has 0 amide bonds. The van der Waals surface area contributed by atoms with Crippen LogP contribution in [0.25, 0.3) is 0 Å². The maximum atomic E-state index is 12.1. The lowest BCUT2D eigenvalue weighted by molar-refractivity contribution is 0.214. The molecule has 24 heavy (non-hydrogen) atoms. The molecule has 0 spiro atoms. The van der Waals surface area contributed by atoms with Crippen molar-refractivity contribution in [1.82, 2.24) is 15.5 Å². The highest BCUT2D eigenvalue weighted by atomic mass is 32.2. The smallest absolute Gasteiger partial charge is 0.191 e. The molecule has 0 aromatic heterocycles. The van der Waals surface area contributed by atoms with E-state index in [2.05, 4.69) is 29.5 Å². The predicted octanol–water partition coefficient (Wildman–Crippen LogP) is 1.96. The van der Waals surface area contributed by atoms with E-state index in [9.17, 15) is 4.21 Å². The van der Waals surface area contributed by atoms with E-state index in [1.165, 1.54) is 25.8 Å². The summed E-state index contributed by atoms with van der Waals surface area (Å²) in [4.78, 5) is 7.26. The average molecular weight is 357 g/mol. The van der Waals surface area contributed by atoms with Crippen LogP contribution in [0.3, 0.4) is 0 Å². The van der Waals surface area contributed by atoms with Crippen LogP contribution in [-0.4, -0.2) is 65.3 Å². The van der Waals surface area contributed by atoms with E-state index in [1.54, 1.807) is 0 Å². The average Bonchev–Trinajstić information content (AvgIpc) is 2.59. The number of aliphatic imine (C=N–C) groups is 1. The van der Waals surface area contributed by atoms with Crippen molar-refractivity contribution in [3.63, 3.8) is 0 Å². The second-order valence-electron chi connectivity index (χ2n) is 7.29. The van der Waals surface area contributed by atoms with Crippen molar-refractivity contribution in [3.05, 3.63) is 0 Å². The fourth-order valence-corrected chi connectivity index (χ4v) is 5.25. The zero-order valence-corrected chi connectivity index (χ0v) is 16.5. The molecule has 4 atom stereocenters. The number of hydrogen-bond acceptors (Lipinski definition) is 3. The number of rotatable bonds is 6. The van der Waals surface area contributed by atoms with E-state index >= 15 is 0 Å². The number of hydrogen-bond donors (Lipinski definition) is 2.